The summed E-state index contributed by atoms with van der Waals surface area (Å²) in [6, 6.07) is -0.684. The van der Waals surface area contributed by atoms with E-state index in [1.807, 2.05) is 6.92 Å². The van der Waals surface area contributed by atoms with Crippen LogP contribution in [0, 0.1) is 13.8 Å². The number of nitrogens with zero attached hydrogens (tertiary/aromatic N) is 1. The second kappa shape index (κ2) is 7.85. The number of Topliss-reactive ketones (excluding diaryl/α,β-unsaturated/α-hetero) is 1. The SMILES string of the molecule is CCOC(=O)c1c(C)[nH]c(C(=O)[C@H](C)OC(=O)[C@H]2CS[C@@]3(C)CCC(=O)N23)c1C. The fourth-order valence-corrected chi connectivity index (χ4v) is 5.43. The molecule has 1 aromatic heterocycles. The van der Waals surface area contributed by atoms with E-state index in [2.05, 4.69) is 4.98 Å². The van der Waals surface area contributed by atoms with Gasteiger partial charge in [-0.1, -0.05) is 0 Å². The van der Waals surface area contributed by atoms with Crippen LogP contribution in [-0.2, 0) is 19.1 Å². The molecule has 0 spiro atoms. The number of aromatic amines is 1. The zero-order valence-corrected chi connectivity index (χ0v) is 18.1. The molecule has 2 saturated heterocycles. The highest BCUT2D eigenvalue weighted by atomic mass is 32.2. The number of H-pyrrole nitrogens is 1. The number of amides is 1. The molecule has 2 aliphatic rings. The molecule has 8 nitrogen and oxygen atoms in total. The molecule has 2 fully saturated rings. The molecule has 2 aliphatic heterocycles. The summed E-state index contributed by atoms with van der Waals surface area (Å²) in [7, 11) is 0. The van der Waals surface area contributed by atoms with E-state index in [1.54, 1.807) is 37.4 Å². The van der Waals surface area contributed by atoms with E-state index in [0.717, 1.165) is 0 Å². The number of aromatic nitrogens is 1. The number of nitrogens with one attached hydrogen (secondary N) is 1. The van der Waals surface area contributed by atoms with Crippen LogP contribution >= 0.6 is 11.8 Å². The van der Waals surface area contributed by atoms with Crippen LogP contribution in [0.5, 0.6) is 0 Å². The van der Waals surface area contributed by atoms with E-state index in [-0.39, 0.29) is 23.1 Å². The summed E-state index contributed by atoms with van der Waals surface area (Å²) in [5, 5.41) is 0. The number of aryl methyl sites for hydroxylation is 1. The van der Waals surface area contributed by atoms with Crippen molar-refractivity contribution >= 4 is 35.4 Å². The van der Waals surface area contributed by atoms with Crippen molar-refractivity contribution in [3.05, 3.63) is 22.5 Å². The zero-order valence-electron chi connectivity index (χ0n) is 17.3. The van der Waals surface area contributed by atoms with Gasteiger partial charge in [0.2, 0.25) is 11.7 Å². The maximum atomic E-state index is 12.9. The summed E-state index contributed by atoms with van der Waals surface area (Å²) in [4.78, 5) is 54.1. The Kier molecular flexibility index (Phi) is 5.80. The minimum atomic E-state index is -1.05. The highest BCUT2D eigenvalue weighted by molar-refractivity contribution is 8.01. The van der Waals surface area contributed by atoms with Gasteiger partial charge in [0.1, 0.15) is 6.04 Å². The van der Waals surface area contributed by atoms with Gasteiger partial charge < -0.3 is 19.4 Å². The van der Waals surface area contributed by atoms with Crippen LogP contribution in [-0.4, -0.2) is 62.9 Å². The van der Waals surface area contributed by atoms with Gasteiger partial charge in [0.25, 0.3) is 0 Å². The van der Waals surface area contributed by atoms with Gasteiger partial charge >= 0.3 is 11.9 Å². The van der Waals surface area contributed by atoms with Crippen molar-refractivity contribution < 1.29 is 28.7 Å². The Bertz CT molecular complexity index is 879. The largest absolute Gasteiger partial charge is 0.462 e. The number of carbonyl (C=O) groups excluding carboxylic acids is 4. The van der Waals surface area contributed by atoms with Crippen molar-refractivity contribution in [3.63, 3.8) is 0 Å². The number of carbonyl (C=O) groups is 4. The minimum absolute atomic E-state index is 0.0617. The molecule has 0 aromatic carbocycles. The molecule has 0 radical (unpaired) electrons. The molecule has 158 valence electrons. The minimum Gasteiger partial charge on any atom is -0.462 e. The fraction of sp³-hybridized carbons (Fsp3) is 0.600. The predicted octanol–water partition coefficient (Wildman–Crippen LogP) is 2.38. The van der Waals surface area contributed by atoms with Gasteiger partial charge in [-0.25, -0.2) is 9.59 Å². The molecule has 0 saturated carbocycles. The summed E-state index contributed by atoms with van der Waals surface area (Å²) in [5.74, 6) is -1.12. The fourth-order valence-electron chi connectivity index (χ4n) is 4.01. The highest BCUT2D eigenvalue weighted by Gasteiger charge is 2.53. The monoisotopic (exact) mass is 422 g/mol. The van der Waals surface area contributed by atoms with Crippen molar-refractivity contribution in [2.75, 3.05) is 12.4 Å². The first-order valence-electron chi connectivity index (χ1n) is 9.67. The number of rotatable bonds is 6. The van der Waals surface area contributed by atoms with Crippen LogP contribution in [0.15, 0.2) is 0 Å². The van der Waals surface area contributed by atoms with Crippen molar-refractivity contribution in [2.45, 2.75) is 64.5 Å². The molecule has 29 heavy (non-hydrogen) atoms. The molecule has 1 N–H and O–H groups in total. The molecule has 9 heteroatoms. The standard InChI is InChI=1S/C20H26N2O6S/c1-6-27-19(26)15-10(2)16(21-11(15)3)17(24)12(4)28-18(25)13-9-29-20(5)8-7-14(23)22(13)20/h12-13,21H,6-9H2,1-5H3/t12-,13+,20-/m0/s1. The van der Waals surface area contributed by atoms with Gasteiger partial charge in [0, 0.05) is 17.9 Å². The highest BCUT2D eigenvalue weighted by Crippen LogP contribution is 2.47. The third-order valence-corrected chi connectivity index (χ3v) is 7.05. The lowest BCUT2D eigenvalue weighted by Crippen LogP contribution is -2.47. The Labute approximate surface area is 173 Å². The second-order valence-corrected chi connectivity index (χ2v) is 9.06. The maximum Gasteiger partial charge on any atom is 0.340 e. The van der Waals surface area contributed by atoms with Gasteiger partial charge in [-0.2, -0.15) is 0 Å². The lowest BCUT2D eigenvalue weighted by molar-refractivity contribution is -0.155. The summed E-state index contributed by atoms with van der Waals surface area (Å²) in [6.45, 7) is 8.72. The van der Waals surface area contributed by atoms with Crippen LogP contribution in [0.3, 0.4) is 0 Å². The Morgan fingerprint density at radius 2 is 2.03 bits per heavy atom. The van der Waals surface area contributed by atoms with Gasteiger partial charge in [0.05, 0.1) is 22.7 Å². The van der Waals surface area contributed by atoms with Crippen LogP contribution in [0.2, 0.25) is 0 Å². The molecule has 0 aliphatic carbocycles. The summed E-state index contributed by atoms with van der Waals surface area (Å²) in [5.41, 5.74) is 1.52. The Morgan fingerprint density at radius 1 is 1.34 bits per heavy atom. The molecule has 0 bridgehead atoms. The first kappa shape index (κ1) is 21.4. The van der Waals surface area contributed by atoms with Crippen molar-refractivity contribution in [3.8, 4) is 0 Å². The van der Waals surface area contributed by atoms with Crippen LogP contribution in [0.1, 0.15) is 65.7 Å². The van der Waals surface area contributed by atoms with E-state index in [0.29, 0.717) is 35.4 Å². The average molecular weight is 423 g/mol. The number of fused-ring (bicyclic) bond motifs is 1. The Balaban J connectivity index is 1.73. The quantitative estimate of drug-likeness (QED) is 0.554. The number of hydrogen-bond donors (Lipinski definition) is 1. The number of ether oxygens (including phenoxy) is 2. The molecule has 3 atom stereocenters. The number of esters is 2. The first-order chi connectivity index (χ1) is 13.6. The predicted molar refractivity (Wildman–Crippen MR) is 107 cm³/mol. The number of hydrogen-bond acceptors (Lipinski definition) is 7. The molecule has 1 amide bonds. The molecule has 1 aromatic rings. The summed E-state index contributed by atoms with van der Waals surface area (Å²) < 4.78 is 10.5. The normalized spacial score (nSPS) is 24.4. The van der Waals surface area contributed by atoms with E-state index in [9.17, 15) is 19.2 Å². The number of thioether (sulfide) groups is 1. The Hall–Kier alpha value is -2.29. The topological polar surface area (TPSA) is 106 Å². The molecular weight excluding hydrogens is 396 g/mol. The lowest BCUT2D eigenvalue weighted by atomic mass is 10.1. The van der Waals surface area contributed by atoms with Crippen molar-refractivity contribution in [2.24, 2.45) is 0 Å². The van der Waals surface area contributed by atoms with Gasteiger partial charge in [-0.3, -0.25) is 9.59 Å². The average Bonchev–Trinajstić information content (AvgIpc) is 3.25. The molecule has 3 rings (SSSR count). The van der Waals surface area contributed by atoms with E-state index in [1.165, 1.54) is 6.92 Å². The van der Waals surface area contributed by atoms with Gasteiger partial charge in [-0.15, -0.1) is 11.8 Å². The first-order valence-corrected chi connectivity index (χ1v) is 10.7. The van der Waals surface area contributed by atoms with Crippen molar-refractivity contribution in [1.82, 2.24) is 9.88 Å². The maximum absolute atomic E-state index is 12.9. The third-order valence-electron chi connectivity index (χ3n) is 5.54. The van der Waals surface area contributed by atoms with Gasteiger partial charge in [0.15, 0.2) is 6.10 Å². The zero-order chi connectivity index (χ0) is 21.5. The third kappa shape index (κ3) is 3.68. The van der Waals surface area contributed by atoms with E-state index in [4.69, 9.17) is 9.47 Å². The van der Waals surface area contributed by atoms with E-state index < -0.39 is 29.9 Å². The Morgan fingerprint density at radius 3 is 2.69 bits per heavy atom. The lowest BCUT2D eigenvalue weighted by Gasteiger charge is -2.29. The second-order valence-electron chi connectivity index (χ2n) is 7.55. The summed E-state index contributed by atoms with van der Waals surface area (Å²) >= 11 is 1.56. The number of ketones is 1. The van der Waals surface area contributed by atoms with Crippen LogP contribution in [0.25, 0.3) is 0 Å². The van der Waals surface area contributed by atoms with Crippen molar-refractivity contribution in [1.29, 1.82) is 0 Å². The van der Waals surface area contributed by atoms with E-state index >= 15 is 0 Å². The molecule has 0 unspecified atom stereocenters. The molecule has 3 heterocycles. The van der Waals surface area contributed by atoms with Gasteiger partial charge in [-0.05, 0) is 46.6 Å². The smallest absolute Gasteiger partial charge is 0.340 e. The summed E-state index contributed by atoms with van der Waals surface area (Å²) in [6.07, 6.45) is 0.0648. The van der Waals surface area contributed by atoms with Crippen LogP contribution < -0.4 is 0 Å². The van der Waals surface area contributed by atoms with Crippen LogP contribution in [0.4, 0.5) is 0 Å². The molecular formula is C20H26N2O6S.